The van der Waals surface area contributed by atoms with Gasteiger partial charge in [-0.15, -0.1) is 0 Å². The number of carboxylic acid groups (broad SMARTS) is 1. The predicted octanol–water partition coefficient (Wildman–Crippen LogP) is 3.25. The van der Waals surface area contributed by atoms with Gasteiger partial charge >= 0.3 is 11.7 Å². The second-order valence-corrected chi connectivity index (χ2v) is 7.69. The molecule has 2 aromatic carbocycles. The first-order valence-corrected chi connectivity index (χ1v) is 10.9. The van der Waals surface area contributed by atoms with E-state index in [9.17, 15) is 29.9 Å². The van der Waals surface area contributed by atoms with Crippen LogP contribution in [-0.2, 0) is 11.2 Å². The van der Waals surface area contributed by atoms with Gasteiger partial charge in [0.15, 0.2) is 5.75 Å². The monoisotopic (exact) mass is 448 g/mol. The Hall–Kier alpha value is -3.27. The minimum Gasteiger partial charge on any atom is -0.508 e. The molecule has 0 aliphatic carbocycles. The Bertz CT molecular complexity index is 918. The van der Waals surface area contributed by atoms with Crippen molar-refractivity contribution in [1.82, 2.24) is 5.32 Å². The molecule has 2 rings (SSSR count). The molecule has 1 atom stereocenters. The van der Waals surface area contributed by atoms with Gasteiger partial charge in [0, 0.05) is 24.1 Å². The number of phenols is 1. The molecule has 0 aromatic heterocycles. The van der Waals surface area contributed by atoms with Gasteiger partial charge in [0.2, 0.25) is 0 Å². The number of nitro benzene ring substituents is 1. The minimum absolute atomic E-state index is 0.0707. The number of hydrogen-bond donors (Lipinski definition) is 3. The molecule has 9 nitrogen and oxygen atoms in total. The fourth-order valence-corrected chi connectivity index (χ4v) is 3.25. The molecule has 2 aromatic rings. The summed E-state index contributed by atoms with van der Waals surface area (Å²) in [7, 11) is 0. The van der Waals surface area contributed by atoms with Gasteiger partial charge < -0.3 is 20.3 Å². The third-order valence-corrected chi connectivity index (χ3v) is 5.14. The molecule has 0 spiro atoms. The van der Waals surface area contributed by atoms with Gasteiger partial charge in [-0.05, 0) is 48.6 Å². The summed E-state index contributed by atoms with van der Waals surface area (Å²) in [5, 5.41) is 32.4. The van der Waals surface area contributed by atoms with E-state index >= 15 is 0 Å². The van der Waals surface area contributed by atoms with Crippen LogP contribution < -0.4 is 10.1 Å². The fraction of sp³-hybridized carbons (Fsp3) is 0.333. The van der Waals surface area contributed by atoms with Crippen molar-refractivity contribution in [2.24, 2.45) is 0 Å². The van der Waals surface area contributed by atoms with Crippen LogP contribution in [0, 0.1) is 10.1 Å². The molecule has 1 amide bonds. The molecule has 31 heavy (non-hydrogen) atoms. The standard InChI is InChI=1S/C21H24N2O7S/c1-31-12-2-3-17(21(26)27)22-20(25)15-6-9-18(23(28)29)19(13-15)30-11-10-14-4-7-16(24)8-5-14/h4-9,13,17,24H,2-3,10-12H2,1H3,(H,22,25)(H,26,27)/t17-/m0/s1. The van der Waals surface area contributed by atoms with Crippen LogP contribution in [0.15, 0.2) is 42.5 Å². The molecule has 0 heterocycles. The maximum absolute atomic E-state index is 12.5. The molecule has 0 radical (unpaired) electrons. The lowest BCUT2D eigenvalue weighted by molar-refractivity contribution is -0.385. The molecule has 166 valence electrons. The van der Waals surface area contributed by atoms with Gasteiger partial charge in [-0.1, -0.05) is 12.1 Å². The van der Waals surface area contributed by atoms with Crippen molar-refractivity contribution in [3.05, 3.63) is 63.7 Å². The zero-order valence-electron chi connectivity index (χ0n) is 16.9. The van der Waals surface area contributed by atoms with Gasteiger partial charge in [0.05, 0.1) is 11.5 Å². The van der Waals surface area contributed by atoms with Crippen molar-refractivity contribution in [3.8, 4) is 11.5 Å². The number of amides is 1. The number of nitrogens with zero attached hydrogens (tertiary/aromatic N) is 1. The molecule has 10 heteroatoms. The van der Waals surface area contributed by atoms with E-state index in [4.69, 9.17) is 4.74 Å². The van der Waals surface area contributed by atoms with Gasteiger partial charge in [0.1, 0.15) is 11.8 Å². The zero-order valence-corrected chi connectivity index (χ0v) is 17.8. The summed E-state index contributed by atoms with van der Waals surface area (Å²) in [6, 6.07) is 9.09. The molecule has 0 aliphatic rings. The summed E-state index contributed by atoms with van der Waals surface area (Å²) in [6.45, 7) is 0.114. The van der Waals surface area contributed by atoms with E-state index in [2.05, 4.69) is 5.32 Å². The first-order valence-electron chi connectivity index (χ1n) is 9.53. The Morgan fingerprint density at radius 2 is 1.94 bits per heavy atom. The number of thioether (sulfide) groups is 1. The lowest BCUT2D eigenvalue weighted by atomic mass is 10.1. The van der Waals surface area contributed by atoms with Crippen molar-refractivity contribution >= 4 is 29.3 Å². The smallest absolute Gasteiger partial charge is 0.326 e. The topological polar surface area (TPSA) is 139 Å². The van der Waals surface area contributed by atoms with E-state index in [0.29, 0.717) is 12.8 Å². The number of rotatable bonds is 12. The lowest BCUT2D eigenvalue weighted by Gasteiger charge is -2.15. The average molecular weight is 448 g/mol. The maximum Gasteiger partial charge on any atom is 0.326 e. The van der Waals surface area contributed by atoms with E-state index in [1.54, 1.807) is 23.9 Å². The number of nitrogens with one attached hydrogen (secondary N) is 1. The lowest BCUT2D eigenvalue weighted by Crippen LogP contribution is -2.40. The Kier molecular flexibility index (Phi) is 9.13. The van der Waals surface area contributed by atoms with Crippen LogP contribution in [0.1, 0.15) is 28.8 Å². The van der Waals surface area contributed by atoms with Crippen LogP contribution >= 0.6 is 11.8 Å². The number of carboxylic acids is 1. The van der Waals surface area contributed by atoms with Crippen molar-refractivity contribution in [2.75, 3.05) is 18.6 Å². The molecule has 0 fully saturated rings. The van der Waals surface area contributed by atoms with Crippen LogP contribution in [0.5, 0.6) is 11.5 Å². The molecular weight excluding hydrogens is 424 g/mol. The summed E-state index contributed by atoms with van der Waals surface area (Å²) in [5.74, 6) is -0.953. The van der Waals surface area contributed by atoms with Gasteiger partial charge in [-0.2, -0.15) is 11.8 Å². The summed E-state index contributed by atoms with van der Waals surface area (Å²) in [5.41, 5.74) is 0.641. The van der Waals surface area contributed by atoms with Crippen LogP contribution in [0.2, 0.25) is 0 Å². The molecule has 3 N–H and O–H groups in total. The predicted molar refractivity (Wildman–Crippen MR) is 117 cm³/mol. The number of carbonyl (C=O) groups is 2. The molecular formula is C21H24N2O7S. The highest BCUT2D eigenvalue weighted by Crippen LogP contribution is 2.28. The van der Waals surface area contributed by atoms with Crippen LogP contribution in [0.4, 0.5) is 5.69 Å². The van der Waals surface area contributed by atoms with E-state index in [1.165, 1.54) is 24.3 Å². The number of aliphatic carboxylic acids is 1. The van der Waals surface area contributed by atoms with Gasteiger partial charge in [-0.3, -0.25) is 14.9 Å². The Balaban J connectivity index is 2.09. The van der Waals surface area contributed by atoms with Crippen molar-refractivity contribution in [1.29, 1.82) is 0 Å². The zero-order chi connectivity index (χ0) is 22.8. The van der Waals surface area contributed by atoms with Crippen molar-refractivity contribution in [3.63, 3.8) is 0 Å². The summed E-state index contributed by atoms with van der Waals surface area (Å²) >= 11 is 1.59. The Labute approximate surface area is 183 Å². The molecule has 0 unspecified atom stereocenters. The summed E-state index contributed by atoms with van der Waals surface area (Å²) in [4.78, 5) is 34.6. The van der Waals surface area contributed by atoms with Crippen LogP contribution in [0.3, 0.4) is 0 Å². The van der Waals surface area contributed by atoms with E-state index in [1.807, 2.05) is 6.26 Å². The largest absolute Gasteiger partial charge is 0.508 e. The number of carbonyl (C=O) groups excluding carboxylic acids is 1. The Morgan fingerprint density at radius 1 is 1.23 bits per heavy atom. The highest BCUT2D eigenvalue weighted by molar-refractivity contribution is 7.98. The quantitative estimate of drug-likeness (QED) is 0.255. The number of nitro groups is 1. The second-order valence-electron chi connectivity index (χ2n) is 6.70. The van der Waals surface area contributed by atoms with E-state index in [0.717, 1.165) is 17.4 Å². The number of phenolic OH excluding ortho intramolecular Hbond substituents is 1. The highest BCUT2D eigenvalue weighted by atomic mass is 32.2. The van der Waals surface area contributed by atoms with Crippen molar-refractivity contribution in [2.45, 2.75) is 25.3 Å². The van der Waals surface area contributed by atoms with Crippen LogP contribution in [0.25, 0.3) is 0 Å². The van der Waals surface area contributed by atoms with E-state index in [-0.39, 0.29) is 35.8 Å². The number of benzene rings is 2. The molecule has 0 bridgehead atoms. The first kappa shape index (κ1) is 24.0. The fourth-order valence-electron chi connectivity index (χ4n) is 2.79. The minimum atomic E-state index is -1.14. The normalized spacial score (nSPS) is 11.5. The third kappa shape index (κ3) is 7.49. The number of hydrogen-bond acceptors (Lipinski definition) is 7. The highest BCUT2D eigenvalue weighted by Gasteiger charge is 2.23. The SMILES string of the molecule is CSCCC[C@H](NC(=O)c1ccc([N+](=O)[O-])c(OCCc2ccc(O)cc2)c1)C(=O)O. The second kappa shape index (κ2) is 11.8. The molecule has 0 saturated carbocycles. The van der Waals surface area contributed by atoms with Gasteiger partial charge in [0.25, 0.3) is 5.91 Å². The average Bonchev–Trinajstić information content (AvgIpc) is 2.74. The molecule has 0 saturated heterocycles. The summed E-state index contributed by atoms with van der Waals surface area (Å²) < 4.78 is 5.55. The Morgan fingerprint density at radius 3 is 2.55 bits per heavy atom. The molecule has 0 aliphatic heterocycles. The van der Waals surface area contributed by atoms with Crippen LogP contribution in [-0.4, -0.2) is 51.7 Å². The van der Waals surface area contributed by atoms with Crippen molar-refractivity contribution < 1.29 is 29.5 Å². The number of aromatic hydroxyl groups is 1. The summed E-state index contributed by atoms with van der Waals surface area (Å²) in [6.07, 6.45) is 3.26. The van der Waals surface area contributed by atoms with Gasteiger partial charge in [-0.25, -0.2) is 4.79 Å². The number of ether oxygens (including phenoxy) is 1. The maximum atomic E-state index is 12.5. The first-order chi connectivity index (χ1) is 14.8. The van der Waals surface area contributed by atoms with E-state index < -0.39 is 22.8 Å². The third-order valence-electron chi connectivity index (χ3n) is 4.45.